The second-order valence-electron chi connectivity index (χ2n) is 6.33. The summed E-state index contributed by atoms with van der Waals surface area (Å²) in [6.07, 6.45) is 5.05. The molecule has 27 heavy (non-hydrogen) atoms. The lowest BCUT2D eigenvalue weighted by Crippen LogP contribution is -2.26. The molecule has 1 aliphatic rings. The van der Waals surface area contributed by atoms with Gasteiger partial charge in [-0.1, -0.05) is 12.1 Å². The van der Waals surface area contributed by atoms with Crippen molar-refractivity contribution in [2.45, 2.75) is 18.9 Å². The second-order valence-corrected chi connectivity index (χ2v) is 6.33. The maximum absolute atomic E-state index is 12.5. The fourth-order valence-corrected chi connectivity index (χ4v) is 3.01. The van der Waals surface area contributed by atoms with E-state index < -0.39 is 11.5 Å². The minimum Gasteiger partial charge on any atom is -0.491 e. The number of nitrogens with one attached hydrogen (secondary N) is 1. The van der Waals surface area contributed by atoms with Crippen LogP contribution in [0.5, 0.6) is 5.75 Å². The van der Waals surface area contributed by atoms with E-state index in [1.165, 1.54) is 10.6 Å². The van der Waals surface area contributed by atoms with Gasteiger partial charge in [-0.3, -0.25) is 14.0 Å². The van der Waals surface area contributed by atoms with Gasteiger partial charge in [0.2, 0.25) is 0 Å². The molecular weight excluding hydrogens is 346 g/mol. The minimum absolute atomic E-state index is 0.0237. The van der Waals surface area contributed by atoms with Crippen molar-refractivity contribution < 1.29 is 14.3 Å². The number of anilines is 1. The predicted octanol–water partition coefficient (Wildman–Crippen LogP) is 2.50. The van der Waals surface area contributed by atoms with Gasteiger partial charge < -0.3 is 14.8 Å². The highest BCUT2D eigenvalue weighted by Gasteiger charge is 2.16. The SMILES string of the molecule is O=C(Nc1cccc(OCC2CCCO2)c1)c1cnc2ccccn2c1=O. The Bertz CT molecular complexity index is 1020. The van der Waals surface area contributed by atoms with Crippen LogP contribution in [0.4, 0.5) is 5.69 Å². The van der Waals surface area contributed by atoms with E-state index >= 15 is 0 Å². The van der Waals surface area contributed by atoms with E-state index in [9.17, 15) is 9.59 Å². The zero-order valence-electron chi connectivity index (χ0n) is 14.6. The molecule has 1 aliphatic heterocycles. The van der Waals surface area contributed by atoms with Crippen molar-refractivity contribution in [3.05, 3.63) is 70.8 Å². The number of benzene rings is 1. The van der Waals surface area contributed by atoms with Crippen molar-refractivity contribution >= 4 is 17.2 Å². The van der Waals surface area contributed by atoms with Crippen molar-refractivity contribution in [1.29, 1.82) is 0 Å². The number of nitrogens with zero attached hydrogens (tertiary/aromatic N) is 2. The van der Waals surface area contributed by atoms with Crippen LogP contribution in [0.3, 0.4) is 0 Å². The zero-order valence-corrected chi connectivity index (χ0v) is 14.6. The molecule has 0 bridgehead atoms. The predicted molar refractivity (Wildman–Crippen MR) is 100 cm³/mol. The maximum atomic E-state index is 12.5. The highest BCUT2D eigenvalue weighted by Crippen LogP contribution is 2.20. The molecule has 1 saturated heterocycles. The number of carbonyl (C=O) groups is 1. The summed E-state index contributed by atoms with van der Waals surface area (Å²) in [5, 5.41) is 2.73. The molecule has 1 aromatic carbocycles. The van der Waals surface area contributed by atoms with E-state index in [-0.39, 0.29) is 11.7 Å². The van der Waals surface area contributed by atoms with Crippen molar-refractivity contribution in [2.75, 3.05) is 18.5 Å². The summed E-state index contributed by atoms with van der Waals surface area (Å²) in [5.74, 6) is 0.124. The molecule has 1 fully saturated rings. The summed E-state index contributed by atoms with van der Waals surface area (Å²) in [7, 11) is 0. The summed E-state index contributed by atoms with van der Waals surface area (Å²) in [4.78, 5) is 29.2. The van der Waals surface area contributed by atoms with Gasteiger partial charge in [-0.25, -0.2) is 4.98 Å². The van der Waals surface area contributed by atoms with Crippen LogP contribution in [-0.2, 0) is 4.74 Å². The van der Waals surface area contributed by atoms with Crippen LogP contribution < -0.4 is 15.6 Å². The Labute approximate surface area is 155 Å². The third kappa shape index (κ3) is 3.83. The van der Waals surface area contributed by atoms with Gasteiger partial charge in [-0.15, -0.1) is 0 Å². The average Bonchev–Trinajstić information content (AvgIpc) is 3.21. The maximum Gasteiger partial charge on any atom is 0.270 e. The first-order valence-corrected chi connectivity index (χ1v) is 8.83. The monoisotopic (exact) mass is 365 g/mol. The first-order valence-electron chi connectivity index (χ1n) is 8.83. The van der Waals surface area contributed by atoms with Crippen LogP contribution in [0, 0.1) is 0 Å². The topological polar surface area (TPSA) is 81.9 Å². The molecule has 0 aliphatic carbocycles. The van der Waals surface area contributed by atoms with Gasteiger partial charge in [0.1, 0.15) is 23.6 Å². The molecule has 1 amide bonds. The summed E-state index contributed by atoms with van der Waals surface area (Å²) < 4.78 is 12.6. The zero-order chi connectivity index (χ0) is 18.6. The fraction of sp³-hybridized carbons (Fsp3) is 0.250. The van der Waals surface area contributed by atoms with E-state index in [2.05, 4.69) is 10.3 Å². The Morgan fingerprint density at radius 2 is 2.22 bits per heavy atom. The lowest BCUT2D eigenvalue weighted by molar-refractivity contribution is 0.0680. The number of carbonyl (C=O) groups excluding carboxylic acids is 1. The number of aromatic nitrogens is 2. The van der Waals surface area contributed by atoms with Gasteiger partial charge in [0.15, 0.2) is 0 Å². The van der Waals surface area contributed by atoms with Crippen LogP contribution >= 0.6 is 0 Å². The molecule has 1 unspecified atom stereocenters. The molecule has 2 aromatic heterocycles. The first kappa shape index (κ1) is 17.2. The Morgan fingerprint density at radius 1 is 1.30 bits per heavy atom. The Kier molecular flexibility index (Phi) is 4.84. The summed E-state index contributed by atoms with van der Waals surface area (Å²) in [5.41, 5.74) is 0.597. The van der Waals surface area contributed by atoms with Crippen LogP contribution in [-0.4, -0.2) is 34.6 Å². The van der Waals surface area contributed by atoms with Crippen LogP contribution in [0.15, 0.2) is 59.7 Å². The third-order valence-electron chi connectivity index (χ3n) is 4.41. The summed E-state index contributed by atoms with van der Waals surface area (Å²) in [6, 6.07) is 12.3. The van der Waals surface area contributed by atoms with Crippen LogP contribution in [0.1, 0.15) is 23.2 Å². The largest absolute Gasteiger partial charge is 0.491 e. The normalized spacial score (nSPS) is 16.4. The van der Waals surface area contributed by atoms with E-state index in [0.29, 0.717) is 23.7 Å². The van der Waals surface area contributed by atoms with Crippen molar-refractivity contribution in [3.63, 3.8) is 0 Å². The molecule has 138 valence electrons. The number of ether oxygens (including phenoxy) is 2. The molecule has 0 saturated carbocycles. The molecule has 7 nitrogen and oxygen atoms in total. The lowest BCUT2D eigenvalue weighted by Gasteiger charge is -2.12. The van der Waals surface area contributed by atoms with Gasteiger partial charge in [-0.2, -0.15) is 0 Å². The number of hydrogen-bond acceptors (Lipinski definition) is 5. The van der Waals surface area contributed by atoms with Crippen molar-refractivity contribution in [3.8, 4) is 5.75 Å². The average molecular weight is 365 g/mol. The fourth-order valence-electron chi connectivity index (χ4n) is 3.01. The molecule has 0 spiro atoms. The number of rotatable bonds is 5. The Morgan fingerprint density at radius 3 is 3.07 bits per heavy atom. The van der Waals surface area contributed by atoms with E-state index in [0.717, 1.165) is 19.4 Å². The highest BCUT2D eigenvalue weighted by atomic mass is 16.5. The number of fused-ring (bicyclic) bond motifs is 1. The second kappa shape index (κ2) is 7.59. The van der Waals surface area contributed by atoms with Gasteiger partial charge in [0.25, 0.3) is 11.5 Å². The molecule has 4 rings (SSSR count). The van der Waals surface area contributed by atoms with Crippen molar-refractivity contribution in [1.82, 2.24) is 9.38 Å². The Balaban J connectivity index is 1.48. The quantitative estimate of drug-likeness (QED) is 0.751. The number of hydrogen-bond donors (Lipinski definition) is 1. The number of amides is 1. The third-order valence-corrected chi connectivity index (χ3v) is 4.41. The Hall–Kier alpha value is -3.19. The van der Waals surface area contributed by atoms with Crippen LogP contribution in [0.2, 0.25) is 0 Å². The van der Waals surface area contributed by atoms with Gasteiger partial charge in [-0.05, 0) is 37.1 Å². The van der Waals surface area contributed by atoms with E-state index in [4.69, 9.17) is 9.47 Å². The standard InChI is InChI=1S/C20H19N3O4/c24-19(17-12-21-18-8-1-2-9-23(18)20(17)25)22-14-5-3-6-15(11-14)27-13-16-7-4-10-26-16/h1-3,5-6,8-9,11-12,16H,4,7,10,13H2,(H,22,24). The molecule has 1 N–H and O–H groups in total. The summed E-state index contributed by atoms with van der Waals surface area (Å²) >= 11 is 0. The van der Waals surface area contributed by atoms with E-state index in [1.54, 1.807) is 42.6 Å². The van der Waals surface area contributed by atoms with E-state index in [1.807, 2.05) is 6.07 Å². The lowest BCUT2D eigenvalue weighted by atomic mass is 10.2. The van der Waals surface area contributed by atoms with Gasteiger partial charge in [0.05, 0.1) is 6.10 Å². The smallest absolute Gasteiger partial charge is 0.270 e. The summed E-state index contributed by atoms with van der Waals surface area (Å²) in [6.45, 7) is 1.26. The highest BCUT2D eigenvalue weighted by molar-refractivity contribution is 6.04. The van der Waals surface area contributed by atoms with Gasteiger partial charge >= 0.3 is 0 Å². The van der Waals surface area contributed by atoms with Crippen LogP contribution in [0.25, 0.3) is 5.65 Å². The van der Waals surface area contributed by atoms with Crippen molar-refractivity contribution in [2.24, 2.45) is 0 Å². The number of pyridine rings is 1. The minimum atomic E-state index is -0.512. The molecule has 1 atom stereocenters. The first-order chi connectivity index (χ1) is 13.2. The molecular formula is C20H19N3O4. The molecule has 7 heteroatoms. The molecule has 3 heterocycles. The molecule has 0 radical (unpaired) electrons. The van der Waals surface area contributed by atoms with Gasteiger partial charge in [0, 0.05) is 30.8 Å². The molecule has 3 aromatic rings.